The quantitative estimate of drug-likeness (QED) is 0.631. The van der Waals surface area contributed by atoms with Gasteiger partial charge in [0.15, 0.2) is 0 Å². The number of urea groups is 1. The molecule has 0 aromatic rings. The average molecular weight is 229 g/mol. The second-order valence-corrected chi connectivity index (χ2v) is 4.12. The maximum absolute atomic E-state index is 11.7. The van der Waals surface area contributed by atoms with Crippen LogP contribution in [0.1, 0.15) is 26.2 Å². The number of rotatable bonds is 4. The molecule has 1 aliphatic heterocycles. The summed E-state index contributed by atoms with van der Waals surface area (Å²) in [6.07, 6.45) is 1.94. The van der Waals surface area contributed by atoms with Crippen LogP contribution in [0.15, 0.2) is 0 Å². The third kappa shape index (κ3) is 3.37. The summed E-state index contributed by atoms with van der Waals surface area (Å²) in [7, 11) is 0. The molecule has 0 aromatic carbocycles. The summed E-state index contributed by atoms with van der Waals surface area (Å²) in [6, 6.07) is -1.11. The van der Waals surface area contributed by atoms with Crippen LogP contribution in [0, 0.1) is 0 Å². The van der Waals surface area contributed by atoms with Crippen molar-refractivity contribution in [3.63, 3.8) is 0 Å². The van der Waals surface area contributed by atoms with Gasteiger partial charge in [-0.3, -0.25) is 0 Å². The molecular formula is C10H19N3O3. The van der Waals surface area contributed by atoms with Gasteiger partial charge in [-0.25, -0.2) is 9.59 Å². The molecular weight excluding hydrogens is 210 g/mol. The number of amides is 2. The van der Waals surface area contributed by atoms with E-state index in [9.17, 15) is 9.59 Å². The van der Waals surface area contributed by atoms with Gasteiger partial charge < -0.3 is 21.1 Å². The lowest BCUT2D eigenvalue weighted by molar-refractivity contribution is -0.139. The van der Waals surface area contributed by atoms with E-state index in [-0.39, 0.29) is 12.1 Å². The maximum atomic E-state index is 11.7. The Morgan fingerprint density at radius 3 is 2.75 bits per heavy atom. The van der Waals surface area contributed by atoms with Gasteiger partial charge in [-0.2, -0.15) is 0 Å². The van der Waals surface area contributed by atoms with E-state index >= 15 is 0 Å². The van der Waals surface area contributed by atoms with E-state index in [0.29, 0.717) is 19.5 Å². The Kier molecular flexibility index (Phi) is 4.54. The van der Waals surface area contributed by atoms with Crippen LogP contribution in [0.25, 0.3) is 0 Å². The number of carbonyl (C=O) groups excluding carboxylic acids is 1. The van der Waals surface area contributed by atoms with Gasteiger partial charge in [0.1, 0.15) is 6.04 Å². The fourth-order valence-electron chi connectivity index (χ4n) is 1.76. The molecule has 6 heteroatoms. The first-order valence-corrected chi connectivity index (χ1v) is 5.58. The van der Waals surface area contributed by atoms with Crippen molar-refractivity contribution >= 4 is 12.0 Å². The van der Waals surface area contributed by atoms with E-state index in [1.807, 2.05) is 6.92 Å². The summed E-state index contributed by atoms with van der Waals surface area (Å²) in [5, 5.41) is 11.4. The van der Waals surface area contributed by atoms with Crippen molar-refractivity contribution in [3.05, 3.63) is 0 Å². The summed E-state index contributed by atoms with van der Waals surface area (Å²) in [5.74, 6) is -0.987. The Morgan fingerprint density at radius 2 is 2.31 bits per heavy atom. The van der Waals surface area contributed by atoms with Crippen molar-refractivity contribution in [1.82, 2.24) is 10.2 Å². The highest BCUT2D eigenvalue weighted by molar-refractivity contribution is 5.82. The normalized spacial score (nSPS) is 21.9. The number of aliphatic carboxylic acids is 1. The minimum atomic E-state index is -0.987. The number of hydrogen-bond acceptors (Lipinski definition) is 3. The molecule has 1 rings (SSSR count). The van der Waals surface area contributed by atoms with Crippen molar-refractivity contribution < 1.29 is 14.7 Å². The van der Waals surface area contributed by atoms with Crippen molar-refractivity contribution in [2.75, 3.05) is 13.1 Å². The van der Waals surface area contributed by atoms with Gasteiger partial charge in [-0.15, -0.1) is 0 Å². The Balaban J connectivity index is 2.45. The molecule has 92 valence electrons. The number of nitrogens with zero attached hydrogens (tertiary/aromatic N) is 1. The SMILES string of the molecule is CCC[C@@H](NC(=O)N1CCC(N)C1)C(=O)O. The molecule has 4 N–H and O–H groups in total. The Labute approximate surface area is 94.8 Å². The molecule has 0 aromatic heterocycles. The maximum Gasteiger partial charge on any atom is 0.326 e. The predicted octanol–water partition coefficient (Wildman–Crippen LogP) is -0.0177. The van der Waals surface area contributed by atoms with Gasteiger partial charge in [-0.05, 0) is 12.8 Å². The fraction of sp³-hybridized carbons (Fsp3) is 0.800. The highest BCUT2D eigenvalue weighted by Gasteiger charge is 2.26. The number of carboxylic acid groups (broad SMARTS) is 1. The standard InChI is InChI=1S/C10H19N3O3/c1-2-3-8(9(14)15)12-10(16)13-5-4-7(11)6-13/h7-8H,2-6,11H2,1H3,(H,12,16)(H,14,15)/t7?,8-/m1/s1. The van der Waals surface area contributed by atoms with Gasteiger partial charge >= 0.3 is 12.0 Å². The van der Waals surface area contributed by atoms with E-state index in [0.717, 1.165) is 12.8 Å². The smallest absolute Gasteiger partial charge is 0.326 e. The van der Waals surface area contributed by atoms with Crippen LogP contribution in [-0.2, 0) is 4.79 Å². The van der Waals surface area contributed by atoms with Crippen molar-refractivity contribution in [3.8, 4) is 0 Å². The van der Waals surface area contributed by atoms with Crippen molar-refractivity contribution in [1.29, 1.82) is 0 Å². The molecule has 1 aliphatic rings. The Morgan fingerprint density at radius 1 is 1.62 bits per heavy atom. The van der Waals surface area contributed by atoms with Gasteiger partial charge in [0.2, 0.25) is 0 Å². The minimum Gasteiger partial charge on any atom is -0.480 e. The number of hydrogen-bond donors (Lipinski definition) is 3. The van der Waals surface area contributed by atoms with E-state index in [2.05, 4.69) is 5.32 Å². The second kappa shape index (κ2) is 5.69. The van der Waals surface area contributed by atoms with E-state index in [1.54, 1.807) is 4.90 Å². The molecule has 0 bridgehead atoms. The highest BCUT2D eigenvalue weighted by atomic mass is 16.4. The zero-order chi connectivity index (χ0) is 12.1. The van der Waals surface area contributed by atoms with E-state index < -0.39 is 12.0 Å². The first-order valence-electron chi connectivity index (χ1n) is 5.58. The topological polar surface area (TPSA) is 95.7 Å². The largest absolute Gasteiger partial charge is 0.480 e. The number of carbonyl (C=O) groups is 2. The molecule has 1 heterocycles. The van der Waals surface area contributed by atoms with Crippen LogP contribution in [0.2, 0.25) is 0 Å². The Bertz CT molecular complexity index is 270. The zero-order valence-corrected chi connectivity index (χ0v) is 9.48. The third-order valence-corrected chi connectivity index (χ3v) is 2.69. The molecule has 0 saturated carbocycles. The lowest BCUT2D eigenvalue weighted by Crippen LogP contribution is -2.47. The molecule has 2 amide bonds. The summed E-state index contributed by atoms with van der Waals surface area (Å²) >= 11 is 0. The fourth-order valence-corrected chi connectivity index (χ4v) is 1.76. The monoisotopic (exact) mass is 229 g/mol. The van der Waals surface area contributed by atoms with Crippen LogP contribution in [0.3, 0.4) is 0 Å². The van der Waals surface area contributed by atoms with Gasteiger partial charge in [0.05, 0.1) is 0 Å². The lowest BCUT2D eigenvalue weighted by Gasteiger charge is -2.20. The number of likely N-dealkylation sites (tertiary alicyclic amines) is 1. The summed E-state index contributed by atoms with van der Waals surface area (Å²) in [4.78, 5) is 24.1. The van der Waals surface area contributed by atoms with Crippen LogP contribution < -0.4 is 11.1 Å². The van der Waals surface area contributed by atoms with Crippen LogP contribution in [0.5, 0.6) is 0 Å². The predicted molar refractivity (Wildman–Crippen MR) is 59.0 cm³/mol. The third-order valence-electron chi connectivity index (χ3n) is 2.69. The highest BCUT2D eigenvalue weighted by Crippen LogP contribution is 2.07. The van der Waals surface area contributed by atoms with Crippen LogP contribution in [0.4, 0.5) is 4.79 Å². The minimum absolute atomic E-state index is 0.0141. The first-order chi connectivity index (χ1) is 7.54. The van der Waals surface area contributed by atoms with Crippen LogP contribution in [-0.4, -0.2) is 47.2 Å². The summed E-state index contributed by atoms with van der Waals surface area (Å²) < 4.78 is 0. The van der Waals surface area contributed by atoms with Crippen molar-refractivity contribution in [2.24, 2.45) is 5.73 Å². The number of carboxylic acids is 1. The van der Waals surface area contributed by atoms with Gasteiger partial charge in [-0.1, -0.05) is 13.3 Å². The van der Waals surface area contributed by atoms with Gasteiger partial charge in [0.25, 0.3) is 0 Å². The van der Waals surface area contributed by atoms with Gasteiger partial charge in [0, 0.05) is 19.1 Å². The average Bonchev–Trinajstić information content (AvgIpc) is 2.64. The number of nitrogens with one attached hydrogen (secondary N) is 1. The van der Waals surface area contributed by atoms with E-state index in [1.165, 1.54) is 0 Å². The zero-order valence-electron chi connectivity index (χ0n) is 9.48. The second-order valence-electron chi connectivity index (χ2n) is 4.12. The molecule has 1 fully saturated rings. The molecule has 0 spiro atoms. The molecule has 0 aliphatic carbocycles. The van der Waals surface area contributed by atoms with E-state index in [4.69, 9.17) is 10.8 Å². The molecule has 0 radical (unpaired) electrons. The molecule has 2 atom stereocenters. The van der Waals surface area contributed by atoms with Crippen molar-refractivity contribution in [2.45, 2.75) is 38.3 Å². The molecule has 1 unspecified atom stereocenters. The molecule has 6 nitrogen and oxygen atoms in total. The molecule has 16 heavy (non-hydrogen) atoms. The van der Waals surface area contributed by atoms with Crippen LogP contribution >= 0.6 is 0 Å². The Hall–Kier alpha value is -1.30. The first kappa shape index (κ1) is 12.8. The molecule has 1 saturated heterocycles. The summed E-state index contributed by atoms with van der Waals surface area (Å²) in [6.45, 7) is 2.99. The lowest BCUT2D eigenvalue weighted by atomic mass is 10.2. The summed E-state index contributed by atoms with van der Waals surface area (Å²) in [5.41, 5.74) is 5.67. The number of nitrogens with two attached hydrogens (primary N) is 1.